The summed E-state index contributed by atoms with van der Waals surface area (Å²) >= 11 is 3.51. The molecule has 16 heavy (non-hydrogen) atoms. The zero-order valence-corrected chi connectivity index (χ0v) is 11.5. The van der Waals surface area contributed by atoms with Crippen molar-refractivity contribution in [2.75, 3.05) is 6.54 Å². The molecule has 1 aliphatic rings. The van der Waals surface area contributed by atoms with E-state index in [1.54, 1.807) is 0 Å². The number of nitrogens with one attached hydrogen (secondary N) is 1. The standard InChI is InChI=1S/C11H19BrN4/c1-3-13-9-7-5-4-6-8(9)10-11(12)14-15-16(10)2/h8-9,13H,3-7H2,1-2H3. The van der Waals surface area contributed by atoms with Gasteiger partial charge in [-0.2, -0.15) is 0 Å². The molecule has 0 amide bonds. The van der Waals surface area contributed by atoms with Crippen molar-refractivity contribution >= 4 is 15.9 Å². The van der Waals surface area contributed by atoms with Crippen LogP contribution < -0.4 is 5.32 Å². The van der Waals surface area contributed by atoms with Crippen molar-refractivity contribution in [2.45, 2.75) is 44.6 Å². The van der Waals surface area contributed by atoms with Gasteiger partial charge in [0.2, 0.25) is 0 Å². The molecule has 0 saturated heterocycles. The van der Waals surface area contributed by atoms with E-state index >= 15 is 0 Å². The van der Waals surface area contributed by atoms with E-state index in [0.717, 1.165) is 11.1 Å². The van der Waals surface area contributed by atoms with Crippen LogP contribution in [0.2, 0.25) is 0 Å². The highest BCUT2D eigenvalue weighted by Crippen LogP contribution is 2.35. The molecule has 2 rings (SSSR count). The molecular formula is C11H19BrN4. The summed E-state index contributed by atoms with van der Waals surface area (Å²) in [7, 11) is 1.98. The Kier molecular flexibility index (Phi) is 3.97. The van der Waals surface area contributed by atoms with Crippen molar-refractivity contribution in [3.05, 3.63) is 10.3 Å². The molecule has 4 nitrogen and oxygen atoms in total. The highest BCUT2D eigenvalue weighted by Gasteiger charge is 2.30. The molecule has 0 aromatic carbocycles. The minimum atomic E-state index is 0.545. The maximum Gasteiger partial charge on any atom is 0.151 e. The first-order valence-electron chi connectivity index (χ1n) is 6.02. The number of halogens is 1. The Balaban J connectivity index is 2.22. The van der Waals surface area contributed by atoms with Gasteiger partial charge in [-0.3, -0.25) is 4.68 Å². The van der Waals surface area contributed by atoms with Crippen LogP contribution in [-0.2, 0) is 7.05 Å². The molecule has 0 spiro atoms. The SMILES string of the molecule is CCNC1CCCCC1c1c(Br)nnn1C. The number of hydrogen-bond acceptors (Lipinski definition) is 3. The molecule has 1 heterocycles. The number of rotatable bonds is 3. The predicted molar refractivity (Wildman–Crippen MR) is 67.4 cm³/mol. The molecule has 1 saturated carbocycles. The average Bonchev–Trinajstić information content (AvgIpc) is 2.60. The Morgan fingerprint density at radius 1 is 1.44 bits per heavy atom. The van der Waals surface area contributed by atoms with Gasteiger partial charge < -0.3 is 5.32 Å². The van der Waals surface area contributed by atoms with E-state index in [2.05, 4.69) is 38.5 Å². The van der Waals surface area contributed by atoms with Gasteiger partial charge in [0, 0.05) is 19.0 Å². The van der Waals surface area contributed by atoms with E-state index in [9.17, 15) is 0 Å². The highest BCUT2D eigenvalue weighted by atomic mass is 79.9. The van der Waals surface area contributed by atoms with E-state index in [4.69, 9.17) is 0 Å². The average molecular weight is 287 g/mol. The fourth-order valence-corrected chi connectivity index (χ4v) is 3.32. The first-order chi connectivity index (χ1) is 7.74. The van der Waals surface area contributed by atoms with E-state index in [0.29, 0.717) is 12.0 Å². The summed E-state index contributed by atoms with van der Waals surface area (Å²) in [5.74, 6) is 0.545. The predicted octanol–water partition coefficient (Wildman–Crippen LogP) is 2.21. The van der Waals surface area contributed by atoms with Crippen LogP contribution in [0.15, 0.2) is 4.60 Å². The normalized spacial score (nSPS) is 25.9. The van der Waals surface area contributed by atoms with Crippen molar-refractivity contribution in [1.82, 2.24) is 20.3 Å². The lowest BCUT2D eigenvalue weighted by Gasteiger charge is -2.32. The molecule has 90 valence electrons. The first kappa shape index (κ1) is 12.0. The Morgan fingerprint density at radius 2 is 2.19 bits per heavy atom. The summed E-state index contributed by atoms with van der Waals surface area (Å²) in [5, 5.41) is 11.8. The molecule has 1 aromatic rings. The minimum absolute atomic E-state index is 0.545. The lowest BCUT2D eigenvalue weighted by atomic mass is 9.82. The zero-order chi connectivity index (χ0) is 11.5. The number of nitrogens with zero attached hydrogens (tertiary/aromatic N) is 3. The van der Waals surface area contributed by atoms with E-state index in [-0.39, 0.29) is 0 Å². The van der Waals surface area contributed by atoms with E-state index < -0.39 is 0 Å². The molecule has 1 aromatic heterocycles. The topological polar surface area (TPSA) is 42.7 Å². The fourth-order valence-electron chi connectivity index (χ4n) is 2.70. The van der Waals surface area contributed by atoms with Gasteiger partial charge in [0.15, 0.2) is 4.60 Å². The van der Waals surface area contributed by atoms with Crippen molar-refractivity contribution in [2.24, 2.45) is 7.05 Å². The molecule has 5 heteroatoms. The van der Waals surface area contributed by atoms with Crippen LogP contribution in [0.4, 0.5) is 0 Å². The van der Waals surface area contributed by atoms with Gasteiger partial charge in [-0.1, -0.05) is 25.0 Å². The number of aromatic nitrogens is 3. The molecule has 0 radical (unpaired) electrons. The van der Waals surface area contributed by atoms with Crippen LogP contribution in [-0.4, -0.2) is 27.6 Å². The minimum Gasteiger partial charge on any atom is -0.314 e. The van der Waals surface area contributed by atoms with Gasteiger partial charge >= 0.3 is 0 Å². The molecule has 2 unspecified atom stereocenters. The lowest BCUT2D eigenvalue weighted by molar-refractivity contribution is 0.321. The highest BCUT2D eigenvalue weighted by molar-refractivity contribution is 9.10. The summed E-state index contributed by atoms with van der Waals surface area (Å²) in [6.07, 6.45) is 5.13. The Bertz CT molecular complexity index is 328. The molecule has 1 aliphatic carbocycles. The van der Waals surface area contributed by atoms with Gasteiger partial charge in [-0.25, -0.2) is 0 Å². The summed E-state index contributed by atoms with van der Waals surface area (Å²) in [5.41, 5.74) is 1.24. The monoisotopic (exact) mass is 286 g/mol. The van der Waals surface area contributed by atoms with Crippen molar-refractivity contribution < 1.29 is 0 Å². The molecule has 0 aliphatic heterocycles. The third-order valence-corrected chi connectivity index (χ3v) is 3.98. The number of hydrogen-bond donors (Lipinski definition) is 1. The van der Waals surface area contributed by atoms with Gasteiger partial charge in [-0.05, 0) is 35.3 Å². The van der Waals surface area contributed by atoms with Crippen LogP contribution in [0, 0.1) is 0 Å². The van der Waals surface area contributed by atoms with E-state index in [1.807, 2.05) is 11.7 Å². The van der Waals surface area contributed by atoms with Crippen LogP contribution >= 0.6 is 15.9 Å². The van der Waals surface area contributed by atoms with Crippen LogP contribution in [0.1, 0.15) is 44.2 Å². The molecule has 1 N–H and O–H groups in total. The Morgan fingerprint density at radius 3 is 2.81 bits per heavy atom. The molecular weight excluding hydrogens is 268 g/mol. The van der Waals surface area contributed by atoms with Crippen molar-refractivity contribution in [3.8, 4) is 0 Å². The number of aryl methyl sites for hydroxylation is 1. The van der Waals surface area contributed by atoms with E-state index in [1.165, 1.54) is 31.4 Å². The largest absolute Gasteiger partial charge is 0.314 e. The van der Waals surface area contributed by atoms with Gasteiger partial charge in [0.05, 0.1) is 5.69 Å². The second kappa shape index (κ2) is 5.27. The third kappa shape index (κ3) is 2.30. The maximum absolute atomic E-state index is 4.09. The Labute approximate surface area is 105 Å². The fraction of sp³-hybridized carbons (Fsp3) is 0.818. The van der Waals surface area contributed by atoms with Crippen molar-refractivity contribution in [1.29, 1.82) is 0 Å². The second-order valence-electron chi connectivity index (χ2n) is 4.44. The smallest absolute Gasteiger partial charge is 0.151 e. The van der Waals surface area contributed by atoms with Crippen LogP contribution in [0.25, 0.3) is 0 Å². The quantitative estimate of drug-likeness (QED) is 0.927. The zero-order valence-electron chi connectivity index (χ0n) is 9.91. The second-order valence-corrected chi connectivity index (χ2v) is 5.20. The number of likely N-dealkylation sites (N-methyl/N-ethyl adjacent to an activating group) is 1. The Hall–Kier alpha value is -0.420. The molecule has 1 fully saturated rings. The molecule has 0 bridgehead atoms. The first-order valence-corrected chi connectivity index (χ1v) is 6.81. The van der Waals surface area contributed by atoms with Crippen LogP contribution in [0.3, 0.4) is 0 Å². The van der Waals surface area contributed by atoms with Crippen LogP contribution in [0.5, 0.6) is 0 Å². The maximum atomic E-state index is 4.09. The molecule has 2 atom stereocenters. The summed E-state index contributed by atoms with van der Waals surface area (Å²) in [4.78, 5) is 0. The summed E-state index contributed by atoms with van der Waals surface area (Å²) in [6, 6.07) is 0.576. The third-order valence-electron chi connectivity index (χ3n) is 3.41. The van der Waals surface area contributed by atoms with Crippen molar-refractivity contribution in [3.63, 3.8) is 0 Å². The van der Waals surface area contributed by atoms with Gasteiger partial charge in [-0.15, -0.1) is 5.10 Å². The van der Waals surface area contributed by atoms with Gasteiger partial charge in [0.25, 0.3) is 0 Å². The summed E-state index contributed by atoms with van der Waals surface area (Å²) in [6.45, 7) is 3.20. The lowest BCUT2D eigenvalue weighted by Crippen LogP contribution is -2.38. The summed E-state index contributed by atoms with van der Waals surface area (Å²) < 4.78 is 2.81. The van der Waals surface area contributed by atoms with Gasteiger partial charge in [0.1, 0.15) is 0 Å².